The summed E-state index contributed by atoms with van der Waals surface area (Å²) in [6, 6.07) is 11.3. The van der Waals surface area contributed by atoms with Crippen LogP contribution in [0.25, 0.3) is 32.1 Å². The van der Waals surface area contributed by atoms with Crippen molar-refractivity contribution in [3.05, 3.63) is 81.5 Å². The van der Waals surface area contributed by atoms with Gasteiger partial charge in [-0.25, -0.2) is 9.97 Å². The van der Waals surface area contributed by atoms with Gasteiger partial charge in [0.25, 0.3) is 0 Å². The summed E-state index contributed by atoms with van der Waals surface area (Å²) < 4.78 is 0. The monoisotopic (exact) mass is 441 g/mol. The quantitative estimate of drug-likeness (QED) is 0.169. The number of aliphatic imine (C=N–C) groups is 1. The Morgan fingerprint density at radius 1 is 1.00 bits per heavy atom. The summed E-state index contributed by atoms with van der Waals surface area (Å²) in [7, 11) is 0. The summed E-state index contributed by atoms with van der Waals surface area (Å²) in [6.45, 7) is 5.37. The van der Waals surface area contributed by atoms with E-state index in [0.29, 0.717) is 16.1 Å². The zero-order valence-corrected chi connectivity index (χ0v) is 18.1. The molecule has 0 aliphatic heterocycles. The molecule has 0 amide bonds. The number of hydrogen-bond donors (Lipinski definition) is 0. The van der Waals surface area contributed by atoms with E-state index in [1.54, 1.807) is 30.5 Å². The average Bonchev–Trinajstić information content (AvgIpc) is 3.40. The second-order valence-electron chi connectivity index (χ2n) is 7.02. The fraction of sp³-hybridized carbons (Fsp3) is 0.0417. The van der Waals surface area contributed by atoms with Crippen LogP contribution in [0.3, 0.4) is 0 Å². The standard InChI is InChI=1S/C24H15N3O2S2/c1-13(6-5-9-25-2)22-27-24-23(31-22)26-19(30-24)12-18-20(28)16-10-14-7-3-4-8-15(14)11-17(16)21(18)29/h3-12H,2H2,1H3/b9-5-,13-6+. The lowest BCUT2D eigenvalue weighted by Crippen LogP contribution is -1.99. The molecule has 1 aliphatic carbocycles. The first kappa shape index (κ1) is 19.4. The Kier molecular flexibility index (Phi) is 4.77. The first-order valence-electron chi connectivity index (χ1n) is 9.46. The zero-order valence-electron chi connectivity index (χ0n) is 16.5. The van der Waals surface area contributed by atoms with Gasteiger partial charge in [0.2, 0.25) is 0 Å². The van der Waals surface area contributed by atoms with E-state index in [1.165, 1.54) is 22.7 Å². The Bertz CT molecular complexity index is 1410. The highest BCUT2D eigenvalue weighted by atomic mass is 32.1. The summed E-state index contributed by atoms with van der Waals surface area (Å²) in [6.07, 6.45) is 6.92. The van der Waals surface area contributed by atoms with Crippen LogP contribution in [-0.2, 0) is 0 Å². The highest BCUT2D eigenvalue weighted by molar-refractivity contribution is 7.27. The maximum absolute atomic E-state index is 12.9. The third kappa shape index (κ3) is 3.37. The number of hydrogen-bond acceptors (Lipinski definition) is 7. The summed E-state index contributed by atoms with van der Waals surface area (Å²) >= 11 is 2.84. The van der Waals surface area contributed by atoms with E-state index in [9.17, 15) is 9.59 Å². The molecule has 150 valence electrons. The normalized spacial score (nSPS) is 14.2. The summed E-state index contributed by atoms with van der Waals surface area (Å²) in [4.78, 5) is 40.3. The molecule has 5 rings (SSSR count). The number of carbonyl (C=O) groups is 2. The van der Waals surface area contributed by atoms with Crippen molar-refractivity contribution in [2.24, 2.45) is 4.99 Å². The third-order valence-electron chi connectivity index (χ3n) is 5.00. The molecule has 5 nitrogen and oxygen atoms in total. The molecule has 0 saturated carbocycles. The van der Waals surface area contributed by atoms with Gasteiger partial charge in [-0.05, 0) is 54.3 Å². The van der Waals surface area contributed by atoms with Crippen LogP contribution in [-0.4, -0.2) is 28.3 Å². The molecule has 0 saturated heterocycles. The van der Waals surface area contributed by atoms with Gasteiger partial charge in [0.1, 0.15) is 10.0 Å². The Hall–Kier alpha value is -3.55. The molecule has 31 heavy (non-hydrogen) atoms. The Labute approximate surface area is 185 Å². The summed E-state index contributed by atoms with van der Waals surface area (Å²) in [5, 5.41) is 3.36. The van der Waals surface area contributed by atoms with Crippen LogP contribution in [0.1, 0.15) is 37.7 Å². The molecule has 0 radical (unpaired) electrons. The summed E-state index contributed by atoms with van der Waals surface area (Å²) in [5.41, 5.74) is 2.07. The predicted octanol–water partition coefficient (Wildman–Crippen LogP) is 5.99. The molecule has 2 aromatic carbocycles. The van der Waals surface area contributed by atoms with Crippen LogP contribution >= 0.6 is 22.7 Å². The molecule has 0 spiro atoms. The lowest BCUT2D eigenvalue weighted by Gasteiger charge is -2.00. The number of fused-ring (bicyclic) bond motifs is 3. The predicted molar refractivity (Wildman–Crippen MR) is 128 cm³/mol. The van der Waals surface area contributed by atoms with E-state index in [-0.39, 0.29) is 17.1 Å². The SMILES string of the molecule is C=N/C=C\C=C(/C)c1nc2sc(C=C3C(=O)c4cc5ccccc5cc4C3=O)nc2s1. The number of carbonyl (C=O) groups excluding carboxylic acids is 2. The minimum atomic E-state index is -0.251. The first-order valence-corrected chi connectivity index (χ1v) is 11.1. The van der Waals surface area contributed by atoms with Crippen LogP contribution in [0.15, 0.2) is 65.3 Å². The third-order valence-corrected chi connectivity index (χ3v) is 7.11. The van der Waals surface area contributed by atoms with Gasteiger partial charge in [0, 0.05) is 17.3 Å². The second kappa shape index (κ2) is 7.61. The largest absolute Gasteiger partial charge is 0.288 e. The number of ketones is 2. The number of nitrogens with zero attached hydrogens (tertiary/aromatic N) is 3. The second-order valence-corrected chi connectivity index (χ2v) is 9.00. The molecule has 0 unspecified atom stereocenters. The molecule has 4 aromatic rings. The molecular formula is C24H15N3O2S2. The molecule has 0 N–H and O–H groups in total. The fourth-order valence-corrected chi connectivity index (χ4v) is 5.44. The van der Waals surface area contributed by atoms with Crippen LogP contribution in [0.4, 0.5) is 0 Å². The summed E-state index contributed by atoms with van der Waals surface area (Å²) in [5.74, 6) is -0.501. The van der Waals surface area contributed by atoms with Crippen LogP contribution in [0, 0.1) is 0 Å². The maximum Gasteiger partial charge on any atom is 0.197 e. The highest BCUT2D eigenvalue weighted by Gasteiger charge is 2.33. The topological polar surface area (TPSA) is 72.3 Å². The van der Waals surface area contributed by atoms with E-state index in [4.69, 9.17) is 0 Å². The van der Waals surface area contributed by atoms with Gasteiger partial charge in [0.05, 0.1) is 5.57 Å². The lowest BCUT2D eigenvalue weighted by atomic mass is 10.0. The number of aromatic nitrogens is 2. The number of rotatable bonds is 4. The van der Waals surface area contributed by atoms with E-state index in [1.807, 2.05) is 37.3 Å². The van der Waals surface area contributed by atoms with E-state index in [2.05, 4.69) is 21.7 Å². The molecule has 0 fully saturated rings. The van der Waals surface area contributed by atoms with Crippen LogP contribution in [0.5, 0.6) is 0 Å². The average molecular weight is 442 g/mol. The van der Waals surface area contributed by atoms with E-state index < -0.39 is 0 Å². The van der Waals surface area contributed by atoms with Gasteiger partial charge in [-0.2, -0.15) is 0 Å². The fourth-order valence-electron chi connectivity index (χ4n) is 3.47. The van der Waals surface area contributed by atoms with Crippen molar-refractivity contribution in [2.45, 2.75) is 6.92 Å². The van der Waals surface area contributed by atoms with Gasteiger partial charge in [-0.3, -0.25) is 14.6 Å². The maximum atomic E-state index is 12.9. The zero-order chi connectivity index (χ0) is 21.5. The van der Waals surface area contributed by atoms with Crippen molar-refractivity contribution in [2.75, 3.05) is 0 Å². The van der Waals surface area contributed by atoms with Crippen molar-refractivity contribution in [3.8, 4) is 0 Å². The van der Waals surface area contributed by atoms with Gasteiger partial charge < -0.3 is 0 Å². The number of thiazole rings is 2. The highest BCUT2D eigenvalue weighted by Crippen LogP contribution is 2.34. The van der Waals surface area contributed by atoms with Gasteiger partial charge in [0.15, 0.2) is 21.2 Å². The molecule has 0 atom stereocenters. The van der Waals surface area contributed by atoms with Crippen molar-refractivity contribution in [1.29, 1.82) is 0 Å². The number of benzene rings is 2. The Morgan fingerprint density at radius 3 is 2.26 bits per heavy atom. The Morgan fingerprint density at radius 2 is 1.65 bits per heavy atom. The smallest absolute Gasteiger partial charge is 0.197 e. The van der Waals surface area contributed by atoms with Crippen LogP contribution in [0.2, 0.25) is 0 Å². The minimum Gasteiger partial charge on any atom is -0.288 e. The molecule has 1 aliphatic rings. The molecule has 0 bridgehead atoms. The molecule has 2 aromatic heterocycles. The van der Waals surface area contributed by atoms with Crippen molar-refractivity contribution < 1.29 is 9.59 Å². The first-order chi connectivity index (χ1) is 15.0. The Balaban J connectivity index is 1.49. The molecular weight excluding hydrogens is 426 g/mol. The van der Waals surface area contributed by atoms with E-state index >= 15 is 0 Å². The minimum absolute atomic E-state index is 0.157. The van der Waals surface area contributed by atoms with E-state index in [0.717, 1.165) is 31.0 Å². The van der Waals surface area contributed by atoms with Crippen LogP contribution < -0.4 is 0 Å². The van der Waals surface area contributed by atoms with Crippen molar-refractivity contribution in [1.82, 2.24) is 9.97 Å². The van der Waals surface area contributed by atoms with Crippen molar-refractivity contribution >= 4 is 73.0 Å². The molecule has 7 heteroatoms. The number of allylic oxidation sites excluding steroid dienone is 4. The van der Waals surface area contributed by atoms with Crippen molar-refractivity contribution in [3.63, 3.8) is 0 Å². The molecule has 2 heterocycles. The van der Waals surface area contributed by atoms with Gasteiger partial charge in [-0.15, -0.1) is 0 Å². The van der Waals surface area contributed by atoms with Gasteiger partial charge >= 0.3 is 0 Å². The number of Topliss-reactive ketones (excluding diaryl/α,β-unsaturated/α-hetero) is 2. The lowest BCUT2D eigenvalue weighted by molar-refractivity contribution is 0.0990. The van der Waals surface area contributed by atoms with Gasteiger partial charge in [-0.1, -0.05) is 53.0 Å².